The van der Waals surface area contributed by atoms with Gasteiger partial charge in [0.25, 0.3) is 0 Å². The molecule has 0 aliphatic carbocycles. The minimum absolute atomic E-state index is 0.0138. The van der Waals surface area contributed by atoms with Crippen LogP contribution in [0, 0.1) is 6.92 Å². The van der Waals surface area contributed by atoms with Gasteiger partial charge < -0.3 is 4.74 Å². The molecule has 0 unspecified atom stereocenters. The molecule has 19 heavy (non-hydrogen) atoms. The second kappa shape index (κ2) is 5.45. The van der Waals surface area contributed by atoms with E-state index in [2.05, 4.69) is 0 Å². The van der Waals surface area contributed by atoms with Gasteiger partial charge >= 0.3 is 0 Å². The molecule has 0 heterocycles. The number of hydrogen-bond donors (Lipinski definition) is 0. The van der Waals surface area contributed by atoms with Gasteiger partial charge in [0.15, 0.2) is 9.84 Å². The predicted molar refractivity (Wildman–Crippen MR) is 75.1 cm³/mol. The van der Waals surface area contributed by atoms with Crippen LogP contribution in [0.5, 0.6) is 5.75 Å². The Morgan fingerprint density at radius 1 is 1.00 bits per heavy atom. The molecule has 0 aliphatic rings. The van der Waals surface area contributed by atoms with E-state index >= 15 is 0 Å². The van der Waals surface area contributed by atoms with Crippen molar-refractivity contribution in [2.45, 2.75) is 17.6 Å². The molecule has 0 aromatic heterocycles. The molecule has 0 N–H and O–H groups in total. The van der Waals surface area contributed by atoms with Gasteiger partial charge in [0.2, 0.25) is 0 Å². The first-order valence-electron chi connectivity index (χ1n) is 5.95. The maximum atomic E-state index is 12.3. The number of rotatable bonds is 4. The Morgan fingerprint density at radius 2 is 1.68 bits per heavy atom. The van der Waals surface area contributed by atoms with Gasteiger partial charge in [0, 0.05) is 0 Å². The van der Waals surface area contributed by atoms with Crippen molar-refractivity contribution in [1.29, 1.82) is 0 Å². The topological polar surface area (TPSA) is 43.4 Å². The number of hydrogen-bond acceptors (Lipinski definition) is 3. The van der Waals surface area contributed by atoms with Gasteiger partial charge in [-0.25, -0.2) is 8.42 Å². The molecule has 0 saturated carbocycles. The maximum absolute atomic E-state index is 12.3. The van der Waals surface area contributed by atoms with E-state index in [1.807, 2.05) is 25.1 Å². The highest BCUT2D eigenvalue weighted by atomic mass is 32.2. The average Bonchev–Trinajstić information content (AvgIpc) is 2.42. The van der Waals surface area contributed by atoms with Crippen molar-refractivity contribution in [2.75, 3.05) is 7.11 Å². The lowest BCUT2D eigenvalue weighted by atomic mass is 10.1. The van der Waals surface area contributed by atoms with E-state index in [9.17, 15) is 8.42 Å². The first-order chi connectivity index (χ1) is 9.04. The Morgan fingerprint density at radius 3 is 2.32 bits per heavy atom. The molecule has 0 saturated heterocycles. The number of ether oxygens (including phenoxy) is 1. The summed E-state index contributed by atoms with van der Waals surface area (Å²) < 4.78 is 29.8. The number of sulfone groups is 1. The molecule has 0 spiro atoms. The van der Waals surface area contributed by atoms with Gasteiger partial charge in [-0.15, -0.1) is 0 Å². The van der Waals surface area contributed by atoms with Gasteiger partial charge in [0.05, 0.1) is 17.8 Å². The lowest BCUT2D eigenvalue weighted by molar-refractivity contribution is 0.411. The number of methoxy groups -OCH3 is 1. The Hall–Kier alpha value is -1.81. The van der Waals surface area contributed by atoms with Gasteiger partial charge in [-0.05, 0) is 36.2 Å². The normalized spacial score (nSPS) is 11.3. The van der Waals surface area contributed by atoms with E-state index in [1.165, 1.54) is 0 Å². The molecule has 2 rings (SSSR count). The highest BCUT2D eigenvalue weighted by Crippen LogP contribution is 2.24. The lowest BCUT2D eigenvalue weighted by Crippen LogP contribution is -2.06. The van der Waals surface area contributed by atoms with Crippen molar-refractivity contribution in [3.8, 4) is 5.75 Å². The highest BCUT2D eigenvalue weighted by Gasteiger charge is 2.17. The average molecular weight is 276 g/mol. The fourth-order valence-electron chi connectivity index (χ4n) is 1.95. The van der Waals surface area contributed by atoms with E-state index in [1.54, 1.807) is 37.4 Å². The molecule has 0 atom stereocenters. The van der Waals surface area contributed by atoms with E-state index in [0.29, 0.717) is 10.6 Å². The Balaban J connectivity index is 2.37. The molecule has 4 heteroatoms. The summed E-state index contributed by atoms with van der Waals surface area (Å²) in [6.07, 6.45) is 0. The summed E-state index contributed by atoms with van der Waals surface area (Å²) in [5, 5.41) is 0. The van der Waals surface area contributed by atoms with Gasteiger partial charge in [0.1, 0.15) is 5.75 Å². The summed E-state index contributed by atoms with van der Waals surface area (Å²) in [7, 11) is -1.74. The van der Waals surface area contributed by atoms with Crippen LogP contribution in [-0.4, -0.2) is 15.5 Å². The summed E-state index contributed by atoms with van der Waals surface area (Å²) in [5.41, 5.74) is 1.63. The zero-order valence-electron chi connectivity index (χ0n) is 11.0. The molecule has 0 aliphatic heterocycles. The van der Waals surface area contributed by atoms with Crippen molar-refractivity contribution in [3.63, 3.8) is 0 Å². The quantitative estimate of drug-likeness (QED) is 0.862. The van der Waals surface area contributed by atoms with Crippen LogP contribution < -0.4 is 4.74 Å². The monoisotopic (exact) mass is 276 g/mol. The van der Waals surface area contributed by atoms with Crippen molar-refractivity contribution in [1.82, 2.24) is 0 Å². The summed E-state index contributed by atoms with van der Waals surface area (Å²) in [5.74, 6) is 0.695. The van der Waals surface area contributed by atoms with Crippen LogP contribution >= 0.6 is 0 Å². The van der Waals surface area contributed by atoms with E-state index in [-0.39, 0.29) is 5.75 Å². The fraction of sp³-hybridized carbons (Fsp3) is 0.200. The van der Waals surface area contributed by atoms with E-state index in [4.69, 9.17) is 4.74 Å². The third-order valence-corrected chi connectivity index (χ3v) is 4.75. The van der Waals surface area contributed by atoms with Crippen LogP contribution in [0.2, 0.25) is 0 Å². The van der Waals surface area contributed by atoms with Gasteiger partial charge in [-0.3, -0.25) is 0 Å². The van der Waals surface area contributed by atoms with Crippen LogP contribution in [0.4, 0.5) is 0 Å². The third-order valence-electron chi connectivity index (χ3n) is 3.06. The molecular weight excluding hydrogens is 260 g/mol. The van der Waals surface area contributed by atoms with Crippen molar-refractivity contribution in [3.05, 3.63) is 59.7 Å². The van der Waals surface area contributed by atoms with Crippen LogP contribution in [0.3, 0.4) is 0 Å². The summed E-state index contributed by atoms with van der Waals surface area (Å²) >= 11 is 0. The summed E-state index contributed by atoms with van der Waals surface area (Å²) in [6.45, 7) is 1.87. The van der Waals surface area contributed by atoms with Crippen molar-refractivity contribution >= 4 is 9.84 Å². The SMILES string of the molecule is COc1cccc(CS(=O)(=O)c2ccccc2)c1C. The van der Waals surface area contributed by atoms with Crippen LogP contribution in [0.1, 0.15) is 11.1 Å². The Bertz CT molecular complexity index is 661. The van der Waals surface area contributed by atoms with Crippen LogP contribution in [0.15, 0.2) is 53.4 Å². The molecule has 0 fully saturated rings. The number of benzene rings is 2. The molecule has 0 radical (unpaired) electrons. The standard InChI is InChI=1S/C15H16O3S/c1-12-13(7-6-10-15(12)18-2)11-19(16,17)14-8-4-3-5-9-14/h3-10H,11H2,1-2H3. The first kappa shape index (κ1) is 13.6. The molecular formula is C15H16O3S. The van der Waals surface area contributed by atoms with Gasteiger partial charge in [-0.2, -0.15) is 0 Å². The summed E-state index contributed by atoms with van der Waals surface area (Å²) in [4.78, 5) is 0.345. The second-order valence-electron chi connectivity index (χ2n) is 4.32. The first-order valence-corrected chi connectivity index (χ1v) is 7.60. The van der Waals surface area contributed by atoms with E-state index in [0.717, 1.165) is 11.1 Å². The van der Waals surface area contributed by atoms with Gasteiger partial charge in [-0.1, -0.05) is 30.3 Å². The minimum atomic E-state index is -3.32. The van der Waals surface area contributed by atoms with E-state index < -0.39 is 9.84 Å². The zero-order chi connectivity index (χ0) is 13.9. The maximum Gasteiger partial charge on any atom is 0.182 e. The smallest absolute Gasteiger partial charge is 0.182 e. The molecule has 0 amide bonds. The minimum Gasteiger partial charge on any atom is -0.496 e. The highest BCUT2D eigenvalue weighted by molar-refractivity contribution is 7.90. The zero-order valence-corrected chi connectivity index (χ0v) is 11.8. The molecule has 3 nitrogen and oxygen atoms in total. The lowest BCUT2D eigenvalue weighted by Gasteiger charge is -2.10. The largest absolute Gasteiger partial charge is 0.496 e. The van der Waals surface area contributed by atoms with Crippen molar-refractivity contribution in [2.24, 2.45) is 0 Å². The molecule has 2 aromatic rings. The van der Waals surface area contributed by atoms with Crippen LogP contribution in [0.25, 0.3) is 0 Å². The van der Waals surface area contributed by atoms with Crippen LogP contribution in [-0.2, 0) is 15.6 Å². The third kappa shape index (κ3) is 2.96. The molecule has 0 bridgehead atoms. The Labute approximate surface area is 113 Å². The fourth-order valence-corrected chi connectivity index (χ4v) is 3.41. The van der Waals surface area contributed by atoms with Crippen molar-refractivity contribution < 1.29 is 13.2 Å². The predicted octanol–water partition coefficient (Wildman–Crippen LogP) is 2.98. The second-order valence-corrected chi connectivity index (χ2v) is 6.31. The summed E-state index contributed by atoms with van der Waals surface area (Å²) in [6, 6.07) is 13.9. The Kier molecular flexibility index (Phi) is 3.90. The molecule has 2 aromatic carbocycles. The molecule has 100 valence electrons.